The third-order valence-corrected chi connectivity index (χ3v) is 4.77. The van der Waals surface area contributed by atoms with Crippen molar-refractivity contribution < 1.29 is 9.90 Å². The molecule has 0 saturated heterocycles. The standard InChI is InChI=1S/C21H43NO2/c1-3-5-7-9-11-14-18-22(20-16-13-17-21(23)24)19-15-12-10-8-6-4-2/h3-20H2,1-2H3,(H,23,24). The highest BCUT2D eigenvalue weighted by Gasteiger charge is 2.05. The van der Waals surface area contributed by atoms with Crippen LogP contribution in [0.4, 0.5) is 0 Å². The molecule has 0 unspecified atom stereocenters. The van der Waals surface area contributed by atoms with Crippen LogP contribution in [0.3, 0.4) is 0 Å². The minimum Gasteiger partial charge on any atom is -0.481 e. The molecule has 0 radical (unpaired) electrons. The first-order chi connectivity index (χ1) is 11.7. The van der Waals surface area contributed by atoms with E-state index in [0.29, 0.717) is 6.42 Å². The van der Waals surface area contributed by atoms with Gasteiger partial charge in [-0.25, -0.2) is 0 Å². The van der Waals surface area contributed by atoms with Crippen molar-refractivity contribution in [3.05, 3.63) is 0 Å². The average molecular weight is 342 g/mol. The maximum Gasteiger partial charge on any atom is 0.303 e. The van der Waals surface area contributed by atoms with Crippen molar-refractivity contribution in [2.45, 2.75) is 110 Å². The molecule has 0 amide bonds. The van der Waals surface area contributed by atoms with Gasteiger partial charge in [0.1, 0.15) is 0 Å². The Morgan fingerprint density at radius 1 is 0.625 bits per heavy atom. The molecule has 0 aromatic rings. The number of hydrogen-bond acceptors (Lipinski definition) is 2. The topological polar surface area (TPSA) is 40.5 Å². The summed E-state index contributed by atoms with van der Waals surface area (Å²) in [5.74, 6) is -0.659. The average Bonchev–Trinajstić information content (AvgIpc) is 2.56. The van der Waals surface area contributed by atoms with Crippen LogP contribution in [-0.2, 0) is 4.79 Å². The lowest BCUT2D eigenvalue weighted by molar-refractivity contribution is -0.137. The molecule has 0 aromatic carbocycles. The van der Waals surface area contributed by atoms with Crippen molar-refractivity contribution in [2.24, 2.45) is 0 Å². The van der Waals surface area contributed by atoms with Gasteiger partial charge in [-0.3, -0.25) is 4.79 Å². The maximum absolute atomic E-state index is 10.6. The molecular weight excluding hydrogens is 298 g/mol. The van der Waals surface area contributed by atoms with Crippen molar-refractivity contribution in [2.75, 3.05) is 19.6 Å². The van der Waals surface area contributed by atoms with E-state index in [2.05, 4.69) is 18.7 Å². The Balaban J connectivity index is 3.80. The van der Waals surface area contributed by atoms with Crippen LogP contribution in [0.5, 0.6) is 0 Å². The Morgan fingerprint density at radius 2 is 1.00 bits per heavy atom. The molecule has 0 saturated carbocycles. The third kappa shape index (κ3) is 17.8. The largest absolute Gasteiger partial charge is 0.481 e. The Bertz CT molecular complexity index is 253. The summed E-state index contributed by atoms with van der Waals surface area (Å²) in [6, 6.07) is 0. The number of hydrogen-bond donors (Lipinski definition) is 1. The van der Waals surface area contributed by atoms with Gasteiger partial charge in [0.25, 0.3) is 0 Å². The highest BCUT2D eigenvalue weighted by molar-refractivity contribution is 5.66. The molecule has 0 aliphatic rings. The summed E-state index contributed by atoms with van der Waals surface area (Å²) in [4.78, 5) is 13.2. The normalized spacial score (nSPS) is 11.3. The zero-order valence-corrected chi connectivity index (χ0v) is 16.5. The molecular formula is C21H43NO2. The zero-order chi connectivity index (χ0) is 17.9. The van der Waals surface area contributed by atoms with Gasteiger partial charge < -0.3 is 10.0 Å². The number of carbonyl (C=O) groups is 1. The number of carboxylic acid groups (broad SMARTS) is 1. The molecule has 0 bridgehead atoms. The van der Waals surface area contributed by atoms with Gasteiger partial charge in [0.2, 0.25) is 0 Å². The van der Waals surface area contributed by atoms with E-state index in [1.807, 2.05) is 0 Å². The second kappa shape index (κ2) is 18.8. The number of carboxylic acids is 1. The molecule has 144 valence electrons. The monoisotopic (exact) mass is 341 g/mol. The van der Waals surface area contributed by atoms with Gasteiger partial charge in [0.05, 0.1) is 0 Å². The van der Waals surface area contributed by atoms with E-state index in [4.69, 9.17) is 5.11 Å². The number of aliphatic carboxylic acids is 1. The van der Waals surface area contributed by atoms with Crippen LogP contribution in [-0.4, -0.2) is 35.6 Å². The lowest BCUT2D eigenvalue weighted by Gasteiger charge is -2.22. The molecule has 3 heteroatoms. The Hall–Kier alpha value is -0.570. The van der Waals surface area contributed by atoms with Crippen molar-refractivity contribution in [1.29, 1.82) is 0 Å². The first-order valence-corrected chi connectivity index (χ1v) is 10.6. The van der Waals surface area contributed by atoms with Crippen LogP contribution in [0, 0.1) is 0 Å². The van der Waals surface area contributed by atoms with Gasteiger partial charge in [-0.1, -0.05) is 78.1 Å². The third-order valence-electron chi connectivity index (χ3n) is 4.77. The van der Waals surface area contributed by atoms with Crippen molar-refractivity contribution in [3.63, 3.8) is 0 Å². The molecule has 0 spiro atoms. The lowest BCUT2D eigenvalue weighted by Crippen LogP contribution is -2.27. The second-order valence-electron chi connectivity index (χ2n) is 7.23. The van der Waals surface area contributed by atoms with E-state index in [1.165, 1.54) is 90.1 Å². The first-order valence-electron chi connectivity index (χ1n) is 10.6. The van der Waals surface area contributed by atoms with E-state index in [0.717, 1.165) is 19.4 Å². The molecule has 0 aromatic heterocycles. The van der Waals surface area contributed by atoms with Crippen molar-refractivity contribution in [1.82, 2.24) is 4.90 Å². The molecule has 3 nitrogen and oxygen atoms in total. The predicted molar refractivity (Wildman–Crippen MR) is 105 cm³/mol. The SMILES string of the molecule is CCCCCCCCN(CCCCCCCC)CCCCC(=O)O. The van der Waals surface area contributed by atoms with E-state index in [-0.39, 0.29) is 0 Å². The summed E-state index contributed by atoms with van der Waals surface area (Å²) in [6.45, 7) is 8.01. The Labute approximate surface area is 151 Å². The number of rotatable bonds is 19. The Kier molecular flexibility index (Phi) is 18.3. The minimum atomic E-state index is -0.659. The lowest BCUT2D eigenvalue weighted by atomic mass is 10.1. The van der Waals surface area contributed by atoms with Crippen LogP contribution in [0.1, 0.15) is 110 Å². The maximum atomic E-state index is 10.6. The fourth-order valence-corrected chi connectivity index (χ4v) is 3.18. The van der Waals surface area contributed by atoms with Crippen LogP contribution in [0.15, 0.2) is 0 Å². The van der Waals surface area contributed by atoms with E-state index >= 15 is 0 Å². The summed E-state index contributed by atoms with van der Waals surface area (Å²) in [7, 11) is 0. The van der Waals surface area contributed by atoms with Gasteiger partial charge in [-0.05, 0) is 45.3 Å². The smallest absolute Gasteiger partial charge is 0.303 e. The molecule has 0 aliphatic carbocycles. The molecule has 0 fully saturated rings. The minimum absolute atomic E-state index is 0.321. The van der Waals surface area contributed by atoms with Crippen LogP contribution < -0.4 is 0 Å². The van der Waals surface area contributed by atoms with Crippen molar-refractivity contribution in [3.8, 4) is 0 Å². The predicted octanol–water partition coefficient (Wildman–Crippen LogP) is 6.26. The van der Waals surface area contributed by atoms with Gasteiger partial charge in [0.15, 0.2) is 0 Å². The zero-order valence-electron chi connectivity index (χ0n) is 16.5. The van der Waals surface area contributed by atoms with Crippen LogP contribution in [0.2, 0.25) is 0 Å². The molecule has 0 aliphatic heterocycles. The van der Waals surface area contributed by atoms with E-state index in [1.54, 1.807) is 0 Å². The highest BCUT2D eigenvalue weighted by atomic mass is 16.4. The number of nitrogens with zero attached hydrogens (tertiary/aromatic N) is 1. The van der Waals surface area contributed by atoms with Crippen LogP contribution in [0.25, 0.3) is 0 Å². The quantitative estimate of drug-likeness (QED) is 0.282. The first kappa shape index (κ1) is 23.4. The van der Waals surface area contributed by atoms with Crippen LogP contribution >= 0.6 is 0 Å². The Morgan fingerprint density at radius 3 is 1.42 bits per heavy atom. The molecule has 1 N–H and O–H groups in total. The van der Waals surface area contributed by atoms with Gasteiger partial charge in [-0.15, -0.1) is 0 Å². The van der Waals surface area contributed by atoms with Gasteiger partial charge >= 0.3 is 5.97 Å². The summed E-state index contributed by atoms with van der Waals surface area (Å²) in [5.41, 5.74) is 0. The van der Waals surface area contributed by atoms with Crippen molar-refractivity contribution >= 4 is 5.97 Å². The second-order valence-corrected chi connectivity index (χ2v) is 7.23. The summed E-state index contributed by atoms with van der Waals surface area (Å²) < 4.78 is 0. The van der Waals surface area contributed by atoms with E-state index in [9.17, 15) is 4.79 Å². The fraction of sp³-hybridized carbons (Fsp3) is 0.952. The van der Waals surface area contributed by atoms with Gasteiger partial charge in [0, 0.05) is 6.42 Å². The summed E-state index contributed by atoms with van der Waals surface area (Å²) in [6.07, 6.45) is 18.4. The summed E-state index contributed by atoms with van der Waals surface area (Å²) >= 11 is 0. The molecule has 0 rings (SSSR count). The molecule has 0 heterocycles. The van der Waals surface area contributed by atoms with Gasteiger partial charge in [-0.2, -0.15) is 0 Å². The summed E-state index contributed by atoms with van der Waals surface area (Å²) in [5, 5.41) is 8.75. The van der Waals surface area contributed by atoms with E-state index < -0.39 is 5.97 Å². The molecule has 0 atom stereocenters. The molecule has 24 heavy (non-hydrogen) atoms. The number of unbranched alkanes of at least 4 members (excludes halogenated alkanes) is 11. The fourth-order valence-electron chi connectivity index (χ4n) is 3.18. The highest BCUT2D eigenvalue weighted by Crippen LogP contribution is 2.10.